The highest BCUT2D eigenvalue weighted by Gasteiger charge is 2.43. The summed E-state index contributed by atoms with van der Waals surface area (Å²) in [6.45, 7) is -0.514. The third kappa shape index (κ3) is 27.0. The van der Waals surface area contributed by atoms with Crippen LogP contribution in [0.1, 0.15) is 96.2 Å². The van der Waals surface area contributed by atoms with Gasteiger partial charge in [-0.15, -0.1) is 0 Å². The van der Waals surface area contributed by atoms with Crippen molar-refractivity contribution in [2.75, 3.05) is 51.7 Å². The van der Waals surface area contributed by atoms with E-state index in [0.29, 0.717) is 11.3 Å². The molecular weight excluding hydrogens is 1480 g/mol. The average Bonchev–Trinajstić information content (AvgIpc) is 1.63. The van der Waals surface area contributed by atoms with Crippen LogP contribution >= 0.6 is 12.6 Å². The number of H-pyrrole nitrogens is 1. The lowest BCUT2D eigenvalue weighted by atomic mass is 10.0. The highest BCUT2D eigenvalue weighted by Crippen LogP contribution is 2.23. The van der Waals surface area contributed by atoms with Crippen LogP contribution in [0.2, 0.25) is 0 Å². The van der Waals surface area contributed by atoms with Crippen molar-refractivity contribution in [3.05, 3.63) is 48.0 Å². The number of phenolic OH excluding ortho intramolecular Hbond substituents is 1. The molecule has 0 saturated carbocycles. The molecule has 4 heterocycles. The number of hydrogen-bond donors (Lipinski definition) is 22. The number of carboxylic acid groups (broad SMARTS) is 3. The van der Waals surface area contributed by atoms with Gasteiger partial charge in [-0.05, 0) is 89.8 Å². The summed E-state index contributed by atoms with van der Waals surface area (Å²) in [5.41, 5.74) is 12.4. The van der Waals surface area contributed by atoms with Crippen LogP contribution < -0.4 is 75.3 Å². The summed E-state index contributed by atoms with van der Waals surface area (Å²) < 4.78 is 0. The van der Waals surface area contributed by atoms with E-state index in [2.05, 4.69) is 86.4 Å². The maximum Gasteiger partial charge on any atom is 0.326 e. The zero-order valence-corrected chi connectivity index (χ0v) is 60.9. The molecular formula is C65H93N19O25S. The number of nitrogens with one attached hydrogen (secondary N) is 13. The molecule has 1 aromatic heterocycles. The summed E-state index contributed by atoms with van der Waals surface area (Å²) in [4.78, 5) is 259. The lowest BCUT2D eigenvalue weighted by Gasteiger charge is -2.30. The standard InChI is InChI=1S/C65H93N19O25S/c1-30(73-56(99)37(14-15-50(91)92)77-60(103)45-8-5-18-84(45)64(107)39(22-51(93)94)78-54(97)36(66)19-33-10-12-35(87)13-11-33)52(95)72-31(2)53(96)80-42(27-86)57(100)74-32(3)62(105)82-16-4-7-44(82)59(102)70-25-49(90)76-41(26-85)55(98)69-24-48(89)75-38(21-47(67)88)63(106)83-17-6-9-46(83)61(104)81-43(28-110)58(101)79-40(65(108)109)20-34-23-68-29-71-34/h10-13,23,29-32,36-46,85-87,110H,4-9,14-22,24-28,66H2,1-3H3,(H2,67,88)(H,68,71)(H,69,98)(H,70,102)(H,72,95)(H,73,99)(H,74,100)(H,75,89)(H,76,90)(H,77,103)(H,78,97)(H,79,101)(H,80,96)(H,81,104)(H,91,92)(H,93,94)(H,108,109)/t30-,31-,32-,36-,37-,38-,39-,40-,41-,42-,43-,44-,45-,46-/m0/s1. The van der Waals surface area contributed by atoms with Gasteiger partial charge in [0.1, 0.15) is 84.3 Å². The zero-order valence-electron chi connectivity index (χ0n) is 60.0. The minimum absolute atomic E-state index is 0.0123. The van der Waals surface area contributed by atoms with Crippen LogP contribution in [0.3, 0.4) is 0 Å². The van der Waals surface area contributed by atoms with Crippen molar-refractivity contribution in [2.24, 2.45) is 11.5 Å². The number of likely N-dealkylation sites (tertiary alicyclic amines) is 3. The number of imidazole rings is 1. The molecule has 44 nitrogen and oxygen atoms in total. The van der Waals surface area contributed by atoms with Gasteiger partial charge in [-0.25, -0.2) is 9.78 Å². The van der Waals surface area contributed by atoms with Crippen LogP contribution in [-0.4, -0.2) is 304 Å². The molecule has 5 rings (SSSR count). The number of primary amides is 1. The second-order valence-electron chi connectivity index (χ2n) is 26.1. The summed E-state index contributed by atoms with van der Waals surface area (Å²) in [7, 11) is 0. The minimum atomic E-state index is -1.76. The molecule has 0 radical (unpaired) electrons. The molecule has 3 saturated heterocycles. The maximum atomic E-state index is 13.8. The van der Waals surface area contributed by atoms with Crippen molar-refractivity contribution >= 4 is 125 Å². The quantitative estimate of drug-likeness (QED) is 0.0275. The number of carboxylic acids is 3. The van der Waals surface area contributed by atoms with Gasteiger partial charge >= 0.3 is 17.9 Å². The number of benzene rings is 1. The van der Waals surface area contributed by atoms with Crippen LogP contribution in [0.25, 0.3) is 0 Å². The Kier molecular flexibility index (Phi) is 34.6. The van der Waals surface area contributed by atoms with Crippen molar-refractivity contribution in [2.45, 2.75) is 182 Å². The number of aliphatic carboxylic acids is 3. The first kappa shape index (κ1) is 89.0. The molecule has 3 aliphatic heterocycles. The summed E-state index contributed by atoms with van der Waals surface area (Å²) in [6, 6.07) is -15.3. The molecule has 16 amide bonds. The van der Waals surface area contributed by atoms with E-state index in [0.717, 1.165) is 28.5 Å². The van der Waals surface area contributed by atoms with Crippen molar-refractivity contribution in [3.8, 4) is 5.75 Å². The number of aromatic nitrogens is 2. The van der Waals surface area contributed by atoms with Gasteiger partial charge in [0.2, 0.25) is 94.5 Å². The van der Waals surface area contributed by atoms with Gasteiger partial charge in [-0.3, -0.25) is 86.3 Å². The van der Waals surface area contributed by atoms with Crippen LogP contribution in [0.5, 0.6) is 5.75 Å². The molecule has 2 aromatic rings. The first-order valence-corrected chi connectivity index (χ1v) is 35.4. The number of nitrogens with zero attached hydrogens (tertiary/aromatic N) is 4. The van der Waals surface area contributed by atoms with Crippen molar-refractivity contribution in [1.29, 1.82) is 0 Å². The number of carbonyl (C=O) groups is 19. The zero-order chi connectivity index (χ0) is 81.8. The lowest BCUT2D eigenvalue weighted by molar-refractivity contribution is -0.146. The molecule has 1 aromatic carbocycles. The first-order valence-electron chi connectivity index (χ1n) is 34.7. The largest absolute Gasteiger partial charge is 0.508 e. The number of phenols is 1. The average molecular weight is 1570 g/mol. The van der Waals surface area contributed by atoms with E-state index in [4.69, 9.17) is 11.5 Å². The topological polar surface area (TPSA) is 681 Å². The van der Waals surface area contributed by atoms with Gasteiger partial charge in [-0.1, -0.05) is 12.1 Å². The molecule has 45 heteroatoms. The minimum Gasteiger partial charge on any atom is -0.508 e. The van der Waals surface area contributed by atoms with E-state index in [9.17, 15) is 122 Å². The SMILES string of the molecule is C[C@H](NC(=O)[C@H](C)NC(=O)[C@H](CCC(=O)O)NC(=O)[C@@H]1CCCN1C(=O)[C@H](CC(=O)O)NC(=O)[C@@H](N)Cc1ccc(O)cc1)C(=O)N[C@@H](CO)C(=O)N[C@@H](C)C(=O)N1CCC[C@H]1C(=O)NCC(=O)N[C@@H](CO)C(=O)NCC(=O)N[C@@H](CC(N)=O)C(=O)N1CCC[C@H]1C(=O)N[C@@H](CS)C(=O)N[C@@H](Cc1cnc[nH]1)C(=O)O. The molecule has 23 N–H and O–H groups in total. The fourth-order valence-electron chi connectivity index (χ4n) is 11.9. The second-order valence-corrected chi connectivity index (χ2v) is 26.5. The van der Waals surface area contributed by atoms with Crippen LogP contribution in [0.15, 0.2) is 36.8 Å². The lowest BCUT2D eigenvalue weighted by Crippen LogP contribution is -2.60. The van der Waals surface area contributed by atoms with Gasteiger partial charge in [-0.2, -0.15) is 12.6 Å². The number of aliphatic hydroxyl groups is 2. The Morgan fingerprint density at radius 2 is 0.964 bits per heavy atom. The van der Waals surface area contributed by atoms with Gasteiger partial charge in [0, 0.05) is 50.1 Å². The number of carbonyl (C=O) groups excluding carboxylic acids is 16. The number of amides is 16. The highest BCUT2D eigenvalue weighted by atomic mass is 32.1. The number of thiol groups is 1. The maximum absolute atomic E-state index is 13.8. The Morgan fingerprint density at radius 1 is 0.509 bits per heavy atom. The summed E-state index contributed by atoms with van der Waals surface area (Å²) in [6.07, 6.45) is 0.302. The Labute approximate surface area is 632 Å². The molecule has 110 heavy (non-hydrogen) atoms. The normalized spacial score (nSPS) is 18.2. The number of aliphatic hydroxyl groups excluding tert-OH is 2. The van der Waals surface area contributed by atoms with E-state index in [1.807, 2.05) is 0 Å². The molecule has 0 spiro atoms. The fraction of sp³-hybridized carbons (Fsp3) is 0.569. The number of hydrogen-bond acceptors (Lipinski definition) is 25. The van der Waals surface area contributed by atoms with Crippen LogP contribution in [0.4, 0.5) is 0 Å². The Bertz CT molecular complexity index is 3720. The predicted octanol–water partition coefficient (Wildman–Crippen LogP) is -10.4. The van der Waals surface area contributed by atoms with E-state index in [1.54, 1.807) is 0 Å². The third-order valence-corrected chi connectivity index (χ3v) is 18.1. The summed E-state index contributed by atoms with van der Waals surface area (Å²) in [5, 5.41) is 86.0. The number of aromatic amines is 1. The summed E-state index contributed by atoms with van der Waals surface area (Å²) >= 11 is 4.12. The van der Waals surface area contributed by atoms with E-state index in [1.165, 1.54) is 43.7 Å². The van der Waals surface area contributed by atoms with Crippen LogP contribution in [0, 0.1) is 0 Å². The second kappa shape index (κ2) is 42.8. The molecule has 0 aliphatic carbocycles. The summed E-state index contributed by atoms with van der Waals surface area (Å²) in [5.74, 6) is -20.6. The number of nitrogens with two attached hydrogens (primary N) is 2. The van der Waals surface area contributed by atoms with Crippen molar-refractivity contribution in [3.63, 3.8) is 0 Å². The van der Waals surface area contributed by atoms with Gasteiger partial charge in [0.05, 0.1) is 51.5 Å². The smallest absolute Gasteiger partial charge is 0.326 e. The monoisotopic (exact) mass is 1570 g/mol. The Morgan fingerprint density at radius 3 is 1.47 bits per heavy atom. The number of aromatic hydroxyl groups is 1. The molecule has 14 atom stereocenters. The van der Waals surface area contributed by atoms with Crippen LogP contribution in [-0.2, 0) is 104 Å². The fourth-order valence-corrected chi connectivity index (χ4v) is 12.1. The van der Waals surface area contributed by atoms with Crippen molar-refractivity contribution in [1.82, 2.24) is 88.5 Å². The molecule has 3 fully saturated rings. The Balaban J connectivity index is 1.06. The third-order valence-electron chi connectivity index (χ3n) is 17.7. The van der Waals surface area contributed by atoms with E-state index < -0.39 is 249 Å². The Hall–Kier alpha value is -11.6. The van der Waals surface area contributed by atoms with E-state index in [-0.39, 0.29) is 82.5 Å². The predicted molar refractivity (Wildman–Crippen MR) is 377 cm³/mol. The molecule has 0 bridgehead atoms. The van der Waals surface area contributed by atoms with E-state index >= 15 is 0 Å². The molecule has 3 aliphatic rings. The first-order chi connectivity index (χ1) is 52.0. The van der Waals surface area contributed by atoms with Gasteiger partial charge in [0.15, 0.2) is 0 Å². The molecule has 0 unspecified atom stereocenters. The van der Waals surface area contributed by atoms with Gasteiger partial charge < -0.3 is 126 Å². The van der Waals surface area contributed by atoms with Crippen molar-refractivity contribution < 1.29 is 122 Å². The highest BCUT2D eigenvalue weighted by molar-refractivity contribution is 7.80. The van der Waals surface area contributed by atoms with Gasteiger partial charge in [0.25, 0.3) is 0 Å². The number of rotatable bonds is 42. The molecule has 604 valence electrons.